The van der Waals surface area contributed by atoms with Gasteiger partial charge in [0.1, 0.15) is 5.75 Å². The van der Waals surface area contributed by atoms with Gasteiger partial charge in [0.25, 0.3) is 5.91 Å². The van der Waals surface area contributed by atoms with Gasteiger partial charge in [-0.25, -0.2) is 0 Å². The smallest absolute Gasteiger partial charge is 0.269 e. The number of anilines is 1. The summed E-state index contributed by atoms with van der Waals surface area (Å²) in [5.74, 6) is 0.763. The van der Waals surface area contributed by atoms with Gasteiger partial charge in [0, 0.05) is 37.7 Å². The molecule has 1 atom stereocenters. The van der Waals surface area contributed by atoms with Gasteiger partial charge in [-0.2, -0.15) is 0 Å². The summed E-state index contributed by atoms with van der Waals surface area (Å²) in [6.07, 6.45) is 3.07. The van der Waals surface area contributed by atoms with Crippen LogP contribution in [0.5, 0.6) is 5.75 Å². The molecule has 3 aromatic rings. The summed E-state index contributed by atoms with van der Waals surface area (Å²) < 4.78 is 6.41. The van der Waals surface area contributed by atoms with E-state index in [2.05, 4.69) is 35.7 Å². The Kier molecular flexibility index (Phi) is 6.39. The Balaban J connectivity index is 1.36. The fourth-order valence-corrected chi connectivity index (χ4v) is 6.03. The minimum Gasteiger partial charge on any atom is -0.477 e. The molecule has 6 rings (SSSR count). The first-order valence-electron chi connectivity index (χ1n) is 12.9. The molecule has 2 saturated heterocycles. The van der Waals surface area contributed by atoms with E-state index in [-0.39, 0.29) is 17.7 Å². The SMILES string of the molecule is C=CC(=O)N1CC(CN2C(=O)C(CN3CCCC3)Oc3cc(-c4cccc5ccccc45)c(Cl)cc32)C1. The summed E-state index contributed by atoms with van der Waals surface area (Å²) in [4.78, 5) is 31.5. The number of ether oxygens (including phenoxy) is 1. The summed E-state index contributed by atoms with van der Waals surface area (Å²) in [6.45, 7) is 7.88. The van der Waals surface area contributed by atoms with E-state index >= 15 is 0 Å². The monoisotopic (exact) mass is 515 g/mol. The van der Waals surface area contributed by atoms with Crippen LogP contribution in [0.2, 0.25) is 5.02 Å². The molecule has 0 radical (unpaired) electrons. The molecular weight excluding hydrogens is 486 g/mol. The normalized spacial score (nSPS) is 20.0. The van der Waals surface area contributed by atoms with Crippen molar-refractivity contribution in [2.45, 2.75) is 18.9 Å². The second kappa shape index (κ2) is 9.84. The lowest BCUT2D eigenvalue weighted by Crippen LogP contribution is -2.57. The van der Waals surface area contributed by atoms with Gasteiger partial charge in [0.2, 0.25) is 5.91 Å². The van der Waals surface area contributed by atoms with Gasteiger partial charge in [0.15, 0.2) is 6.10 Å². The van der Waals surface area contributed by atoms with Crippen molar-refractivity contribution in [1.29, 1.82) is 0 Å². The highest BCUT2D eigenvalue weighted by Crippen LogP contribution is 2.44. The first-order chi connectivity index (χ1) is 18.0. The third kappa shape index (κ3) is 4.49. The van der Waals surface area contributed by atoms with Crippen LogP contribution in [0.15, 0.2) is 67.3 Å². The van der Waals surface area contributed by atoms with Crippen molar-refractivity contribution in [3.05, 3.63) is 72.3 Å². The molecule has 6 nitrogen and oxygen atoms in total. The van der Waals surface area contributed by atoms with Crippen molar-refractivity contribution in [3.8, 4) is 16.9 Å². The van der Waals surface area contributed by atoms with Gasteiger partial charge in [-0.05, 0) is 60.5 Å². The van der Waals surface area contributed by atoms with Crippen molar-refractivity contribution in [3.63, 3.8) is 0 Å². The number of rotatable bonds is 6. The highest BCUT2D eigenvalue weighted by molar-refractivity contribution is 6.34. The number of halogens is 1. The second-order valence-corrected chi connectivity index (χ2v) is 10.6. The zero-order valence-electron chi connectivity index (χ0n) is 20.7. The molecule has 0 saturated carbocycles. The quantitative estimate of drug-likeness (QED) is 0.434. The maximum absolute atomic E-state index is 13.7. The van der Waals surface area contributed by atoms with Crippen LogP contribution in [0.4, 0.5) is 5.69 Å². The van der Waals surface area contributed by atoms with Crippen molar-refractivity contribution >= 4 is 39.9 Å². The predicted molar refractivity (Wildman–Crippen MR) is 147 cm³/mol. The molecule has 0 N–H and O–H groups in total. The second-order valence-electron chi connectivity index (χ2n) is 10.2. The van der Waals surface area contributed by atoms with Crippen molar-refractivity contribution in [2.24, 2.45) is 5.92 Å². The number of nitrogens with zero attached hydrogens (tertiary/aromatic N) is 3. The van der Waals surface area contributed by atoms with E-state index in [0.717, 1.165) is 47.8 Å². The maximum Gasteiger partial charge on any atom is 0.269 e. The topological polar surface area (TPSA) is 53.1 Å². The van der Waals surface area contributed by atoms with Crippen LogP contribution in [-0.2, 0) is 9.59 Å². The molecule has 2 fully saturated rings. The molecule has 2 amide bonds. The lowest BCUT2D eigenvalue weighted by Gasteiger charge is -2.43. The Labute approximate surface area is 222 Å². The fraction of sp³-hybridized carbons (Fsp3) is 0.333. The predicted octanol–water partition coefficient (Wildman–Crippen LogP) is 4.99. The lowest BCUT2D eigenvalue weighted by atomic mass is 9.96. The Bertz CT molecular complexity index is 1370. The van der Waals surface area contributed by atoms with Crippen LogP contribution in [-0.4, -0.2) is 67.0 Å². The average molecular weight is 516 g/mol. The Morgan fingerprint density at radius 1 is 1.03 bits per heavy atom. The average Bonchev–Trinajstić information content (AvgIpc) is 3.40. The van der Waals surface area contributed by atoms with Crippen LogP contribution in [0.1, 0.15) is 12.8 Å². The number of fused-ring (bicyclic) bond motifs is 2. The number of hydrogen-bond donors (Lipinski definition) is 0. The van der Waals surface area contributed by atoms with Gasteiger partial charge in [0.05, 0.1) is 10.7 Å². The Morgan fingerprint density at radius 2 is 1.78 bits per heavy atom. The number of benzene rings is 3. The molecule has 3 aliphatic rings. The van der Waals surface area contributed by atoms with Crippen LogP contribution >= 0.6 is 11.6 Å². The summed E-state index contributed by atoms with van der Waals surface area (Å²) in [5, 5.41) is 2.83. The van der Waals surface area contributed by atoms with E-state index in [0.29, 0.717) is 42.6 Å². The minimum atomic E-state index is -0.571. The van der Waals surface area contributed by atoms with E-state index < -0.39 is 6.10 Å². The van der Waals surface area contributed by atoms with E-state index in [9.17, 15) is 9.59 Å². The molecule has 0 spiro atoms. The number of amides is 2. The van der Waals surface area contributed by atoms with Crippen molar-refractivity contribution < 1.29 is 14.3 Å². The molecule has 190 valence electrons. The summed E-state index contributed by atoms with van der Waals surface area (Å²) in [7, 11) is 0. The molecule has 7 heteroatoms. The molecule has 3 heterocycles. The van der Waals surface area contributed by atoms with Crippen LogP contribution in [0.25, 0.3) is 21.9 Å². The highest BCUT2D eigenvalue weighted by Gasteiger charge is 2.40. The highest BCUT2D eigenvalue weighted by atomic mass is 35.5. The molecule has 0 aliphatic carbocycles. The van der Waals surface area contributed by atoms with Gasteiger partial charge >= 0.3 is 0 Å². The molecule has 1 unspecified atom stereocenters. The molecular formula is C30H30ClN3O3. The number of carbonyl (C=O) groups excluding carboxylic acids is 2. The Morgan fingerprint density at radius 3 is 2.57 bits per heavy atom. The van der Waals surface area contributed by atoms with E-state index in [4.69, 9.17) is 16.3 Å². The first-order valence-corrected chi connectivity index (χ1v) is 13.3. The van der Waals surface area contributed by atoms with Crippen LogP contribution < -0.4 is 9.64 Å². The third-order valence-electron chi connectivity index (χ3n) is 7.74. The largest absolute Gasteiger partial charge is 0.477 e. The Hall–Kier alpha value is -3.35. The van der Waals surface area contributed by atoms with Gasteiger partial charge in [-0.15, -0.1) is 0 Å². The number of hydrogen-bond acceptors (Lipinski definition) is 4. The van der Waals surface area contributed by atoms with E-state index in [1.807, 2.05) is 35.2 Å². The van der Waals surface area contributed by atoms with Gasteiger partial charge < -0.3 is 14.5 Å². The van der Waals surface area contributed by atoms with Crippen molar-refractivity contribution in [2.75, 3.05) is 44.2 Å². The maximum atomic E-state index is 13.7. The summed E-state index contributed by atoms with van der Waals surface area (Å²) in [6, 6.07) is 18.3. The zero-order valence-corrected chi connectivity index (χ0v) is 21.5. The number of carbonyl (C=O) groups is 2. The minimum absolute atomic E-state index is 0.0399. The van der Waals surface area contributed by atoms with E-state index in [1.165, 1.54) is 6.08 Å². The lowest BCUT2D eigenvalue weighted by molar-refractivity contribution is -0.132. The van der Waals surface area contributed by atoms with Crippen LogP contribution in [0, 0.1) is 5.92 Å². The summed E-state index contributed by atoms with van der Waals surface area (Å²) in [5.41, 5.74) is 2.62. The van der Waals surface area contributed by atoms with Gasteiger partial charge in [-0.3, -0.25) is 14.5 Å². The third-order valence-corrected chi connectivity index (χ3v) is 8.05. The van der Waals surface area contributed by atoms with Crippen LogP contribution in [0.3, 0.4) is 0 Å². The van der Waals surface area contributed by atoms with Gasteiger partial charge in [-0.1, -0.05) is 60.6 Å². The standard InChI is InChI=1S/C30H30ClN3O3/c1-2-29(35)33-16-20(17-33)18-34-26-15-25(31)24(23-11-7-9-21-8-3-4-10-22(21)23)14-27(26)37-28(30(34)36)19-32-12-5-6-13-32/h2-4,7-11,14-15,20,28H,1,5-6,12-13,16-19H2. The van der Waals surface area contributed by atoms with Crippen molar-refractivity contribution in [1.82, 2.24) is 9.80 Å². The molecule has 3 aliphatic heterocycles. The molecule has 0 bridgehead atoms. The summed E-state index contributed by atoms with van der Waals surface area (Å²) >= 11 is 6.89. The first kappa shape index (κ1) is 24.0. The molecule has 3 aromatic carbocycles. The van der Waals surface area contributed by atoms with E-state index in [1.54, 1.807) is 4.90 Å². The fourth-order valence-electron chi connectivity index (χ4n) is 5.77. The molecule has 0 aromatic heterocycles. The molecule has 37 heavy (non-hydrogen) atoms. The number of likely N-dealkylation sites (tertiary alicyclic amines) is 2. The zero-order chi connectivity index (χ0) is 25.5.